The predicted octanol–water partition coefficient (Wildman–Crippen LogP) is 5.07. The fraction of sp³-hybridized carbons (Fsp3) is 0.600. The molecule has 0 saturated heterocycles. The topological polar surface area (TPSA) is 0 Å². The summed E-state index contributed by atoms with van der Waals surface area (Å²) in [7, 11) is 0. The van der Waals surface area contributed by atoms with Crippen LogP contribution in [0, 0.1) is 29.6 Å². The molecular weight excluding hydrogens is 296 g/mol. The number of hydrogen-bond acceptors (Lipinski definition) is 0. The van der Waals surface area contributed by atoms with Crippen molar-refractivity contribution in [2.45, 2.75) is 24.1 Å². The van der Waals surface area contributed by atoms with Crippen LogP contribution in [-0.2, 0) is 0 Å². The van der Waals surface area contributed by atoms with Gasteiger partial charge in [-0.25, -0.2) is 0 Å². The zero-order chi connectivity index (χ0) is 11.6. The molecule has 3 saturated carbocycles. The summed E-state index contributed by atoms with van der Waals surface area (Å²) in [6.45, 7) is 0. The number of fused-ring (bicyclic) bond motifs is 5. The van der Waals surface area contributed by atoms with Gasteiger partial charge in [-0.05, 0) is 66.5 Å². The van der Waals surface area contributed by atoms with Gasteiger partial charge in [0.05, 0.1) is 0 Å². The molecule has 0 aromatic heterocycles. The molecule has 0 amide bonds. The van der Waals surface area contributed by atoms with Gasteiger partial charge in [0.1, 0.15) is 0 Å². The second-order valence-electron chi connectivity index (χ2n) is 6.02. The van der Waals surface area contributed by atoms with E-state index in [2.05, 4.69) is 28.1 Å². The maximum absolute atomic E-state index is 5.95. The van der Waals surface area contributed by atoms with Crippen LogP contribution in [-0.4, -0.2) is 0 Å². The van der Waals surface area contributed by atoms with Crippen molar-refractivity contribution in [3.05, 3.63) is 34.9 Å². The van der Waals surface area contributed by atoms with Crippen molar-refractivity contribution in [1.82, 2.24) is 0 Å². The molecule has 3 aliphatic rings. The van der Waals surface area contributed by atoms with Gasteiger partial charge >= 0.3 is 0 Å². The van der Waals surface area contributed by atoms with E-state index in [4.69, 9.17) is 11.6 Å². The van der Waals surface area contributed by atoms with Gasteiger partial charge in [0.15, 0.2) is 0 Å². The van der Waals surface area contributed by atoms with E-state index in [9.17, 15) is 0 Å². The molecule has 0 nitrogen and oxygen atoms in total. The van der Waals surface area contributed by atoms with Crippen molar-refractivity contribution in [3.63, 3.8) is 0 Å². The lowest BCUT2D eigenvalue weighted by molar-refractivity contribution is 0.456. The smallest absolute Gasteiger partial charge is 0.0429 e. The van der Waals surface area contributed by atoms with E-state index in [0.29, 0.717) is 4.83 Å². The number of alkyl halides is 1. The number of hydrogen-bond donors (Lipinski definition) is 0. The molecule has 1 aromatic rings. The maximum atomic E-state index is 5.95. The minimum absolute atomic E-state index is 0.554. The summed E-state index contributed by atoms with van der Waals surface area (Å²) >= 11 is 9.88. The fourth-order valence-electron chi connectivity index (χ4n) is 4.65. The van der Waals surface area contributed by atoms with Crippen molar-refractivity contribution in [2.24, 2.45) is 29.6 Å². The largest absolute Gasteiger partial charge is 0.0843 e. The predicted molar refractivity (Wildman–Crippen MR) is 74.4 cm³/mol. The Kier molecular flexibility index (Phi) is 2.39. The number of halogens is 2. The van der Waals surface area contributed by atoms with Gasteiger partial charge in [-0.2, -0.15) is 0 Å². The Balaban J connectivity index is 1.55. The molecule has 0 spiro atoms. The molecule has 0 heterocycles. The van der Waals surface area contributed by atoms with Crippen LogP contribution in [0.1, 0.15) is 29.7 Å². The zero-order valence-corrected chi connectivity index (χ0v) is 12.0. The fourth-order valence-corrected chi connectivity index (χ4v) is 5.79. The van der Waals surface area contributed by atoms with Gasteiger partial charge in [-0.15, -0.1) is 0 Å². The van der Waals surface area contributed by atoms with Crippen LogP contribution in [0.25, 0.3) is 0 Å². The second-order valence-corrected chi connectivity index (χ2v) is 7.44. The van der Waals surface area contributed by atoms with E-state index < -0.39 is 0 Å². The Labute approximate surface area is 116 Å². The lowest BCUT2D eigenvalue weighted by Crippen LogP contribution is -2.03. The second kappa shape index (κ2) is 3.74. The standard InChI is InChI=1S/C15H16BrCl/c16-15(8-3-5-11(17)6-4-8)14-12-9-1-2-10(7-9)13(12)14/h3-6,9-10,12-15H,1-2,7H2. The highest BCUT2D eigenvalue weighted by Gasteiger charge is 2.66. The third-order valence-electron chi connectivity index (χ3n) is 5.32. The Morgan fingerprint density at radius 2 is 1.65 bits per heavy atom. The third kappa shape index (κ3) is 1.55. The van der Waals surface area contributed by atoms with Crippen LogP contribution >= 0.6 is 27.5 Å². The first kappa shape index (κ1) is 10.9. The van der Waals surface area contributed by atoms with Crippen molar-refractivity contribution >= 4 is 27.5 Å². The van der Waals surface area contributed by atoms with E-state index in [0.717, 1.165) is 34.6 Å². The minimum Gasteiger partial charge on any atom is -0.0843 e. The Morgan fingerprint density at radius 1 is 1.06 bits per heavy atom. The Morgan fingerprint density at radius 3 is 2.24 bits per heavy atom. The Hall–Kier alpha value is -0.0100. The highest BCUT2D eigenvalue weighted by Crippen LogP contribution is 2.73. The average molecular weight is 312 g/mol. The summed E-state index contributed by atoms with van der Waals surface area (Å²) < 4.78 is 0. The first-order valence-electron chi connectivity index (χ1n) is 6.65. The van der Waals surface area contributed by atoms with Crippen molar-refractivity contribution < 1.29 is 0 Å². The highest BCUT2D eigenvalue weighted by molar-refractivity contribution is 9.09. The first-order valence-corrected chi connectivity index (χ1v) is 7.94. The lowest BCUT2D eigenvalue weighted by Gasteiger charge is -2.15. The monoisotopic (exact) mass is 310 g/mol. The van der Waals surface area contributed by atoms with Crippen LogP contribution in [0.5, 0.6) is 0 Å². The zero-order valence-electron chi connectivity index (χ0n) is 9.65. The minimum atomic E-state index is 0.554. The van der Waals surface area contributed by atoms with Gasteiger partial charge in [0.25, 0.3) is 0 Å². The number of rotatable bonds is 2. The van der Waals surface area contributed by atoms with E-state index in [-0.39, 0.29) is 0 Å². The SMILES string of the molecule is Clc1ccc(C(Br)C2C3C4CCC(C4)C32)cc1. The summed E-state index contributed by atoms with van der Waals surface area (Å²) in [4.78, 5) is 0.554. The van der Waals surface area contributed by atoms with E-state index in [1.54, 1.807) is 0 Å². The van der Waals surface area contributed by atoms with Gasteiger partial charge in [-0.1, -0.05) is 39.7 Å². The molecule has 90 valence electrons. The van der Waals surface area contributed by atoms with Crippen molar-refractivity contribution in [1.29, 1.82) is 0 Å². The molecule has 1 aromatic carbocycles. The Bertz CT molecular complexity index is 425. The molecule has 5 atom stereocenters. The lowest BCUT2D eigenvalue weighted by atomic mass is 9.97. The molecule has 2 bridgehead atoms. The van der Waals surface area contributed by atoms with Crippen LogP contribution in [0.2, 0.25) is 5.02 Å². The van der Waals surface area contributed by atoms with Gasteiger partial charge in [0.2, 0.25) is 0 Å². The van der Waals surface area contributed by atoms with E-state index >= 15 is 0 Å². The molecule has 0 N–H and O–H groups in total. The molecule has 0 radical (unpaired) electrons. The molecule has 0 aliphatic heterocycles. The van der Waals surface area contributed by atoms with E-state index in [1.807, 2.05) is 12.1 Å². The van der Waals surface area contributed by atoms with E-state index in [1.165, 1.54) is 24.8 Å². The summed E-state index contributed by atoms with van der Waals surface area (Å²) in [5.41, 5.74) is 1.41. The van der Waals surface area contributed by atoms with Crippen LogP contribution in [0.15, 0.2) is 24.3 Å². The average Bonchev–Trinajstić information content (AvgIpc) is 2.77. The van der Waals surface area contributed by atoms with Gasteiger partial charge in [-0.3, -0.25) is 0 Å². The van der Waals surface area contributed by atoms with Crippen LogP contribution in [0.3, 0.4) is 0 Å². The molecule has 3 fully saturated rings. The third-order valence-corrected chi connectivity index (χ3v) is 6.71. The molecule has 5 unspecified atom stereocenters. The highest BCUT2D eigenvalue weighted by atomic mass is 79.9. The molecule has 3 aliphatic carbocycles. The molecular formula is C15H16BrCl. The normalized spacial score (nSPS) is 43.5. The van der Waals surface area contributed by atoms with Gasteiger partial charge in [0, 0.05) is 9.85 Å². The first-order chi connectivity index (χ1) is 8.25. The molecule has 17 heavy (non-hydrogen) atoms. The summed E-state index contributed by atoms with van der Waals surface area (Å²) in [6, 6.07) is 8.38. The quantitative estimate of drug-likeness (QED) is 0.669. The maximum Gasteiger partial charge on any atom is 0.0429 e. The summed E-state index contributed by atoms with van der Waals surface area (Å²) in [6.07, 6.45) is 4.54. The van der Waals surface area contributed by atoms with Crippen molar-refractivity contribution in [2.75, 3.05) is 0 Å². The van der Waals surface area contributed by atoms with Crippen molar-refractivity contribution in [3.8, 4) is 0 Å². The molecule has 4 rings (SSSR count). The van der Waals surface area contributed by atoms with Gasteiger partial charge < -0.3 is 0 Å². The number of benzene rings is 1. The summed E-state index contributed by atoms with van der Waals surface area (Å²) in [5.74, 6) is 5.09. The summed E-state index contributed by atoms with van der Waals surface area (Å²) in [5, 5.41) is 0.838. The molecule has 2 heteroatoms. The van der Waals surface area contributed by atoms with Crippen LogP contribution in [0.4, 0.5) is 0 Å². The van der Waals surface area contributed by atoms with Crippen LogP contribution < -0.4 is 0 Å².